The van der Waals surface area contributed by atoms with Gasteiger partial charge in [-0.05, 0) is 18.8 Å². The Balaban J connectivity index is 1.86. The van der Waals surface area contributed by atoms with E-state index < -0.39 is 0 Å². The number of carbonyl (C=O) groups excluding carboxylic acids is 1. The number of hydrogen-bond acceptors (Lipinski definition) is 3. The topological polar surface area (TPSA) is 33.2 Å². The van der Waals surface area contributed by atoms with Crippen LogP contribution in [0.25, 0.3) is 10.6 Å². The van der Waals surface area contributed by atoms with Crippen molar-refractivity contribution in [3.05, 3.63) is 40.4 Å². The van der Waals surface area contributed by atoms with Crippen molar-refractivity contribution in [2.75, 3.05) is 13.1 Å². The molecule has 1 aromatic heterocycles. The van der Waals surface area contributed by atoms with Crippen molar-refractivity contribution in [3.8, 4) is 10.6 Å². The van der Waals surface area contributed by atoms with Crippen LogP contribution in [-0.4, -0.2) is 28.9 Å². The van der Waals surface area contributed by atoms with Crippen LogP contribution in [-0.2, 0) is 0 Å². The zero-order valence-corrected chi connectivity index (χ0v) is 13.5. The van der Waals surface area contributed by atoms with Crippen molar-refractivity contribution >= 4 is 28.8 Å². The number of thiazole rings is 1. The average molecular weight is 321 g/mol. The van der Waals surface area contributed by atoms with Crippen LogP contribution < -0.4 is 0 Å². The van der Waals surface area contributed by atoms with E-state index in [1.54, 1.807) is 0 Å². The van der Waals surface area contributed by atoms with Gasteiger partial charge in [0.05, 0.1) is 0 Å². The Hall–Kier alpha value is -1.39. The van der Waals surface area contributed by atoms with Gasteiger partial charge in [-0.2, -0.15) is 0 Å². The summed E-state index contributed by atoms with van der Waals surface area (Å²) in [6, 6.07) is 9.83. The summed E-state index contributed by atoms with van der Waals surface area (Å²) in [5, 5.41) is 0.800. The number of halogens is 1. The first-order valence-electron chi connectivity index (χ1n) is 7.16. The van der Waals surface area contributed by atoms with E-state index in [-0.39, 0.29) is 5.91 Å². The van der Waals surface area contributed by atoms with Crippen LogP contribution in [0.5, 0.6) is 0 Å². The third-order valence-electron chi connectivity index (χ3n) is 3.75. The molecule has 2 aromatic rings. The predicted molar refractivity (Wildman–Crippen MR) is 86.9 cm³/mol. The summed E-state index contributed by atoms with van der Waals surface area (Å²) in [6.07, 6.45) is 2.24. The molecule has 1 saturated heterocycles. The molecule has 5 heteroatoms. The molecule has 3 rings (SSSR count). The molecule has 0 radical (unpaired) electrons. The highest BCUT2D eigenvalue weighted by Crippen LogP contribution is 2.32. The number of amides is 1. The Labute approximate surface area is 133 Å². The molecule has 3 nitrogen and oxygen atoms in total. The Morgan fingerprint density at radius 3 is 2.86 bits per heavy atom. The molecular weight excluding hydrogens is 304 g/mol. The van der Waals surface area contributed by atoms with Crippen molar-refractivity contribution in [3.63, 3.8) is 0 Å². The fourth-order valence-electron chi connectivity index (χ4n) is 2.66. The molecular formula is C16H17ClN2OS. The third kappa shape index (κ3) is 3.11. The van der Waals surface area contributed by atoms with E-state index in [9.17, 15) is 4.79 Å². The molecule has 0 saturated carbocycles. The molecule has 1 fully saturated rings. The molecule has 1 atom stereocenters. The summed E-state index contributed by atoms with van der Waals surface area (Å²) < 4.78 is 0.483. The molecule has 0 N–H and O–H groups in total. The monoisotopic (exact) mass is 320 g/mol. The third-order valence-corrected chi connectivity index (χ3v) is 5.06. The smallest absolute Gasteiger partial charge is 0.274 e. The summed E-state index contributed by atoms with van der Waals surface area (Å²) in [4.78, 5) is 19.0. The van der Waals surface area contributed by atoms with Crippen LogP contribution in [0, 0.1) is 5.92 Å². The van der Waals surface area contributed by atoms with E-state index in [0.717, 1.165) is 30.1 Å². The van der Waals surface area contributed by atoms with E-state index in [1.807, 2.05) is 35.2 Å². The molecule has 1 unspecified atom stereocenters. The van der Waals surface area contributed by atoms with Gasteiger partial charge < -0.3 is 4.90 Å². The minimum atomic E-state index is -0.0371. The number of piperidine rings is 1. The Bertz CT molecular complexity index is 641. The van der Waals surface area contributed by atoms with E-state index >= 15 is 0 Å². The first kappa shape index (κ1) is 14.5. The normalized spacial score (nSPS) is 18.8. The Morgan fingerprint density at radius 2 is 2.14 bits per heavy atom. The summed E-state index contributed by atoms with van der Waals surface area (Å²) in [7, 11) is 0. The molecule has 1 aliphatic rings. The standard InChI is InChI=1S/C16H17ClN2OS/c1-11-6-5-9-19(10-11)16(20)13-14(17)21-15(18-13)12-7-3-2-4-8-12/h2-4,7-8,11H,5-6,9-10H2,1H3. The summed E-state index contributed by atoms with van der Waals surface area (Å²) >= 11 is 7.62. The predicted octanol–water partition coefficient (Wildman–Crippen LogP) is 4.34. The number of nitrogens with zero attached hydrogens (tertiary/aromatic N) is 2. The number of carbonyl (C=O) groups is 1. The first-order chi connectivity index (χ1) is 10.1. The van der Waals surface area contributed by atoms with Crippen LogP contribution in [0.1, 0.15) is 30.3 Å². The van der Waals surface area contributed by atoms with Crippen molar-refractivity contribution in [1.29, 1.82) is 0 Å². The van der Waals surface area contributed by atoms with E-state index in [0.29, 0.717) is 15.9 Å². The largest absolute Gasteiger partial charge is 0.337 e. The van der Waals surface area contributed by atoms with Gasteiger partial charge in [-0.15, -0.1) is 11.3 Å². The maximum absolute atomic E-state index is 12.6. The minimum absolute atomic E-state index is 0.0371. The lowest BCUT2D eigenvalue weighted by Gasteiger charge is -2.30. The lowest BCUT2D eigenvalue weighted by Crippen LogP contribution is -2.39. The highest BCUT2D eigenvalue weighted by molar-refractivity contribution is 7.19. The van der Waals surface area contributed by atoms with Gasteiger partial charge in [0.25, 0.3) is 5.91 Å². The maximum Gasteiger partial charge on any atom is 0.274 e. The second-order valence-corrected chi connectivity index (χ2v) is 7.11. The van der Waals surface area contributed by atoms with Gasteiger partial charge in [0.1, 0.15) is 9.34 Å². The zero-order valence-electron chi connectivity index (χ0n) is 11.9. The number of benzene rings is 1. The highest BCUT2D eigenvalue weighted by atomic mass is 35.5. The van der Waals surface area contributed by atoms with Gasteiger partial charge in [0, 0.05) is 18.7 Å². The lowest BCUT2D eigenvalue weighted by molar-refractivity contribution is 0.0678. The molecule has 1 aliphatic heterocycles. The van der Waals surface area contributed by atoms with E-state index in [1.165, 1.54) is 17.8 Å². The molecule has 0 bridgehead atoms. The van der Waals surface area contributed by atoms with Crippen molar-refractivity contribution in [2.24, 2.45) is 5.92 Å². The fraction of sp³-hybridized carbons (Fsp3) is 0.375. The van der Waals surface area contributed by atoms with Crippen molar-refractivity contribution < 1.29 is 4.79 Å². The van der Waals surface area contributed by atoms with Crippen LogP contribution in [0.3, 0.4) is 0 Å². The number of likely N-dealkylation sites (tertiary alicyclic amines) is 1. The van der Waals surface area contributed by atoms with Gasteiger partial charge in [-0.25, -0.2) is 4.98 Å². The lowest BCUT2D eigenvalue weighted by atomic mass is 10.0. The van der Waals surface area contributed by atoms with Gasteiger partial charge in [-0.1, -0.05) is 48.9 Å². The molecule has 1 amide bonds. The number of aromatic nitrogens is 1. The van der Waals surface area contributed by atoms with Crippen LogP contribution >= 0.6 is 22.9 Å². The van der Waals surface area contributed by atoms with Crippen LogP contribution in [0.15, 0.2) is 30.3 Å². The van der Waals surface area contributed by atoms with Gasteiger partial charge in [-0.3, -0.25) is 4.79 Å². The van der Waals surface area contributed by atoms with Crippen LogP contribution in [0.2, 0.25) is 4.34 Å². The quantitative estimate of drug-likeness (QED) is 0.825. The van der Waals surface area contributed by atoms with E-state index in [4.69, 9.17) is 11.6 Å². The maximum atomic E-state index is 12.6. The average Bonchev–Trinajstić information content (AvgIpc) is 2.89. The Kier molecular flexibility index (Phi) is 4.27. The first-order valence-corrected chi connectivity index (χ1v) is 8.35. The fourth-order valence-corrected chi connectivity index (χ4v) is 3.79. The van der Waals surface area contributed by atoms with Crippen molar-refractivity contribution in [1.82, 2.24) is 9.88 Å². The molecule has 0 spiro atoms. The SMILES string of the molecule is CC1CCCN(C(=O)c2nc(-c3ccccc3)sc2Cl)C1. The molecule has 21 heavy (non-hydrogen) atoms. The second kappa shape index (κ2) is 6.16. The highest BCUT2D eigenvalue weighted by Gasteiger charge is 2.26. The van der Waals surface area contributed by atoms with E-state index in [2.05, 4.69) is 11.9 Å². The summed E-state index contributed by atoms with van der Waals surface area (Å²) in [5.41, 5.74) is 1.39. The summed E-state index contributed by atoms with van der Waals surface area (Å²) in [5.74, 6) is 0.513. The molecule has 1 aromatic carbocycles. The van der Waals surface area contributed by atoms with Gasteiger partial charge in [0.2, 0.25) is 0 Å². The summed E-state index contributed by atoms with van der Waals surface area (Å²) in [6.45, 7) is 3.78. The molecule has 2 heterocycles. The zero-order chi connectivity index (χ0) is 14.8. The second-order valence-electron chi connectivity index (χ2n) is 5.51. The van der Waals surface area contributed by atoms with Crippen LogP contribution in [0.4, 0.5) is 0 Å². The molecule has 0 aliphatic carbocycles. The Morgan fingerprint density at radius 1 is 1.38 bits per heavy atom. The van der Waals surface area contributed by atoms with Crippen molar-refractivity contribution in [2.45, 2.75) is 19.8 Å². The number of rotatable bonds is 2. The minimum Gasteiger partial charge on any atom is -0.337 e. The molecule has 110 valence electrons. The van der Waals surface area contributed by atoms with Gasteiger partial charge >= 0.3 is 0 Å². The van der Waals surface area contributed by atoms with Gasteiger partial charge in [0.15, 0.2) is 5.69 Å². The number of hydrogen-bond donors (Lipinski definition) is 0.